The highest BCUT2D eigenvalue weighted by atomic mass is 16.5. The summed E-state index contributed by atoms with van der Waals surface area (Å²) in [5, 5.41) is 0. The number of rotatable bonds is 1. The van der Waals surface area contributed by atoms with Gasteiger partial charge in [0.15, 0.2) is 7.28 Å². The Morgan fingerprint density at radius 3 is 2.73 bits per heavy atom. The van der Waals surface area contributed by atoms with E-state index in [1.807, 2.05) is 18.2 Å². The number of benzene rings is 1. The number of hydrogen-bond acceptors (Lipinski definition) is 1. The molecular formula is C9H10BO. The molecule has 1 nitrogen and oxygen atoms in total. The van der Waals surface area contributed by atoms with E-state index in [2.05, 4.69) is 19.4 Å². The second kappa shape index (κ2) is 3.10. The fourth-order valence-electron chi connectivity index (χ4n) is 1.36. The molecule has 1 aliphatic heterocycles. The fourth-order valence-corrected chi connectivity index (χ4v) is 1.36. The van der Waals surface area contributed by atoms with Gasteiger partial charge in [-0.2, -0.15) is 0 Å². The van der Waals surface area contributed by atoms with Crippen LogP contribution < -0.4 is 0 Å². The Morgan fingerprint density at radius 1 is 1.27 bits per heavy atom. The third kappa shape index (κ3) is 1.46. The minimum atomic E-state index is 0.246. The van der Waals surface area contributed by atoms with E-state index in [1.54, 1.807) is 0 Å². The van der Waals surface area contributed by atoms with Crippen LogP contribution in [0.2, 0.25) is 6.32 Å². The highest BCUT2D eigenvalue weighted by molar-refractivity contribution is 6.38. The lowest BCUT2D eigenvalue weighted by molar-refractivity contribution is 0.140. The van der Waals surface area contributed by atoms with Crippen molar-refractivity contribution in [2.75, 3.05) is 6.61 Å². The zero-order valence-corrected chi connectivity index (χ0v) is 6.36. The van der Waals surface area contributed by atoms with Crippen molar-refractivity contribution in [3.05, 3.63) is 35.9 Å². The molecule has 1 saturated heterocycles. The van der Waals surface area contributed by atoms with Crippen molar-refractivity contribution in [2.24, 2.45) is 0 Å². The number of ether oxygens (including phenoxy) is 1. The first-order chi connectivity index (χ1) is 5.47. The van der Waals surface area contributed by atoms with E-state index in [0.29, 0.717) is 0 Å². The summed E-state index contributed by atoms with van der Waals surface area (Å²) in [6, 6.07) is 10.6. The molecule has 55 valence electrons. The van der Waals surface area contributed by atoms with Crippen molar-refractivity contribution in [2.45, 2.75) is 12.3 Å². The van der Waals surface area contributed by atoms with E-state index >= 15 is 0 Å². The first-order valence-corrected chi connectivity index (χ1v) is 3.97. The van der Waals surface area contributed by atoms with Crippen LogP contribution >= 0.6 is 0 Å². The minimum Gasteiger partial charge on any atom is -0.383 e. The van der Waals surface area contributed by atoms with Crippen LogP contribution in [0, 0.1) is 0 Å². The van der Waals surface area contributed by atoms with Crippen molar-refractivity contribution in [3.63, 3.8) is 0 Å². The largest absolute Gasteiger partial charge is 0.383 e. The van der Waals surface area contributed by atoms with Crippen LogP contribution in [0.25, 0.3) is 0 Å². The lowest BCUT2D eigenvalue weighted by atomic mass is 9.68. The molecule has 0 aromatic heterocycles. The average molecular weight is 145 g/mol. The average Bonchev–Trinajstić information content (AvgIpc) is 2.58. The van der Waals surface area contributed by atoms with Gasteiger partial charge in [0.25, 0.3) is 0 Å². The maximum absolute atomic E-state index is 5.48. The summed E-state index contributed by atoms with van der Waals surface area (Å²) >= 11 is 0. The predicted octanol–water partition coefficient (Wildman–Crippen LogP) is 1.84. The van der Waals surface area contributed by atoms with Gasteiger partial charge in [-0.3, -0.25) is 0 Å². The van der Waals surface area contributed by atoms with E-state index in [4.69, 9.17) is 4.74 Å². The first kappa shape index (κ1) is 6.92. The van der Waals surface area contributed by atoms with Gasteiger partial charge in [-0.25, -0.2) is 0 Å². The van der Waals surface area contributed by atoms with Crippen LogP contribution in [0.1, 0.15) is 11.6 Å². The summed E-state index contributed by atoms with van der Waals surface area (Å²) in [4.78, 5) is 0. The summed E-state index contributed by atoms with van der Waals surface area (Å²) in [6.45, 7) is 0.875. The molecule has 0 saturated carbocycles. The molecule has 0 spiro atoms. The van der Waals surface area contributed by atoms with Gasteiger partial charge in [0.2, 0.25) is 0 Å². The molecule has 0 amide bonds. The zero-order chi connectivity index (χ0) is 7.52. The Kier molecular flexibility index (Phi) is 1.95. The van der Waals surface area contributed by atoms with Gasteiger partial charge in [-0.05, 0) is 5.56 Å². The van der Waals surface area contributed by atoms with Gasteiger partial charge in [0, 0.05) is 12.6 Å². The Bertz CT molecular complexity index is 216. The van der Waals surface area contributed by atoms with Crippen molar-refractivity contribution < 1.29 is 4.74 Å². The second-order valence-electron chi connectivity index (χ2n) is 2.73. The van der Waals surface area contributed by atoms with Crippen LogP contribution in [0.3, 0.4) is 0 Å². The molecule has 2 rings (SSSR count). The van der Waals surface area contributed by atoms with Gasteiger partial charge >= 0.3 is 0 Å². The molecular weight excluding hydrogens is 135 g/mol. The number of hydrogen-bond donors (Lipinski definition) is 0. The van der Waals surface area contributed by atoms with Gasteiger partial charge in [-0.15, -0.1) is 0 Å². The van der Waals surface area contributed by atoms with Crippen LogP contribution in [0.4, 0.5) is 0 Å². The van der Waals surface area contributed by atoms with Crippen molar-refractivity contribution in [3.8, 4) is 0 Å². The van der Waals surface area contributed by atoms with Crippen molar-refractivity contribution in [1.82, 2.24) is 0 Å². The Labute approximate surface area is 67.6 Å². The maximum Gasteiger partial charge on any atom is 0.158 e. The Balaban J connectivity index is 2.16. The smallest absolute Gasteiger partial charge is 0.158 e. The molecule has 1 aromatic carbocycles. The molecule has 0 aliphatic carbocycles. The minimum absolute atomic E-state index is 0.246. The van der Waals surface area contributed by atoms with Crippen LogP contribution in [0.5, 0.6) is 0 Å². The molecule has 0 N–H and O–H groups in total. The van der Waals surface area contributed by atoms with Gasteiger partial charge in [-0.1, -0.05) is 36.7 Å². The molecule has 1 aliphatic rings. The SMILES string of the molecule is [B]1CCOC1c1ccccc1. The highest BCUT2D eigenvalue weighted by Crippen LogP contribution is 2.21. The predicted molar refractivity (Wildman–Crippen MR) is 45.7 cm³/mol. The van der Waals surface area contributed by atoms with E-state index in [9.17, 15) is 0 Å². The van der Waals surface area contributed by atoms with Crippen LogP contribution in [-0.4, -0.2) is 13.9 Å². The maximum atomic E-state index is 5.48. The van der Waals surface area contributed by atoms with E-state index < -0.39 is 0 Å². The lowest BCUT2D eigenvalue weighted by Gasteiger charge is -2.07. The first-order valence-electron chi connectivity index (χ1n) is 3.97. The normalized spacial score (nSPS) is 23.1. The molecule has 0 bridgehead atoms. The third-order valence-corrected chi connectivity index (χ3v) is 1.92. The van der Waals surface area contributed by atoms with Crippen molar-refractivity contribution >= 4 is 7.28 Å². The molecule has 1 heterocycles. The van der Waals surface area contributed by atoms with Gasteiger partial charge in [0.05, 0.1) is 0 Å². The van der Waals surface area contributed by atoms with E-state index in [0.717, 1.165) is 12.9 Å². The molecule has 1 atom stereocenters. The molecule has 11 heavy (non-hydrogen) atoms. The van der Waals surface area contributed by atoms with Crippen LogP contribution in [0.15, 0.2) is 30.3 Å². The Morgan fingerprint density at radius 2 is 2.09 bits per heavy atom. The topological polar surface area (TPSA) is 9.23 Å². The Hall–Kier alpha value is -0.755. The summed E-state index contributed by atoms with van der Waals surface area (Å²) in [5.74, 6) is 0. The van der Waals surface area contributed by atoms with E-state index in [1.165, 1.54) is 5.56 Å². The second-order valence-corrected chi connectivity index (χ2v) is 2.73. The summed E-state index contributed by atoms with van der Waals surface area (Å²) in [6.07, 6.45) is 1.08. The van der Waals surface area contributed by atoms with Gasteiger partial charge in [0.1, 0.15) is 0 Å². The summed E-state index contributed by atoms with van der Waals surface area (Å²) in [7, 11) is 2.22. The standard InChI is InChI=1S/C9H10BO/c1-2-4-8(5-3-1)9-10-6-7-11-9/h1-5,9H,6-7H2. The van der Waals surface area contributed by atoms with Crippen LogP contribution in [-0.2, 0) is 4.74 Å². The monoisotopic (exact) mass is 145 g/mol. The fraction of sp³-hybridized carbons (Fsp3) is 0.333. The molecule has 2 heteroatoms. The molecule has 1 unspecified atom stereocenters. The lowest BCUT2D eigenvalue weighted by Crippen LogP contribution is -2.00. The highest BCUT2D eigenvalue weighted by Gasteiger charge is 2.17. The summed E-state index contributed by atoms with van der Waals surface area (Å²) in [5.41, 5.74) is 1.27. The zero-order valence-electron chi connectivity index (χ0n) is 6.36. The third-order valence-electron chi connectivity index (χ3n) is 1.92. The van der Waals surface area contributed by atoms with E-state index in [-0.39, 0.29) is 6.00 Å². The molecule has 1 fully saturated rings. The molecule has 1 aromatic rings. The quantitative estimate of drug-likeness (QED) is 0.547. The van der Waals surface area contributed by atoms with Gasteiger partial charge < -0.3 is 4.74 Å². The summed E-state index contributed by atoms with van der Waals surface area (Å²) < 4.78 is 5.48. The molecule has 1 radical (unpaired) electrons. The van der Waals surface area contributed by atoms with Crippen molar-refractivity contribution in [1.29, 1.82) is 0 Å².